The molecule has 3 saturated carbocycles. The first-order chi connectivity index (χ1) is 7.81. The molecule has 0 amide bonds. The van der Waals surface area contributed by atoms with E-state index in [1.165, 1.54) is 64.5 Å². The van der Waals surface area contributed by atoms with Gasteiger partial charge in [-0.15, -0.1) is 24.8 Å². The molecule has 0 radical (unpaired) electrons. The van der Waals surface area contributed by atoms with Crippen LogP contribution in [0.3, 0.4) is 0 Å². The first kappa shape index (κ1) is 16.6. The molecular weight excluding hydrogens is 267 g/mol. The van der Waals surface area contributed by atoms with Crippen molar-refractivity contribution in [3.8, 4) is 0 Å². The van der Waals surface area contributed by atoms with E-state index in [-0.39, 0.29) is 24.8 Å². The van der Waals surface area contributed by atoms with Gasteiger partial charge in [-0.05, 0) is 63.2 Å². The van der Waals surface area contributed by atoms with Gasteiger partial charge in [-0.1, -0.05) is 0 Å². The number of hydrogen-bond acceptors (Lipinski definition) is 2. The molecule has 4 heteroatoms. The smallest absolute Gasteiger partial charge is 0.00966 e. The molecule has 0 spiro atoms. The second-order valence-electron chi connectivity index (χ2n) is 6.41. The lowest BCUT2D eigenvalue weighted by molar-refractivity contribution is 0.137. The van der Waals surface area contributed by atoms with Crippen molar-refractivity contribution in [2.24, 2.45) is 17.6 Å². The van der Waals surface area contributed by atoms with Crippen LogP contribution in [0.15, 0.2) is 0 Å². The molecule has 18 heavy (non-hydrogen) atoms. The van der Waals surface area contributed by atoms with Crippen molar-refractivity contribution in [2.45, 2.75) is 63.5 Å². The Labute approximate surface area is 124 Å². The lowest BCUT2D eigenvalue weighted by Crippen LogP contribution is -2.42. The zero-order chi connectivity index (χ0) is 11.0. The summed E-state index contributed by atoms with van der Waals surface area (Å²) in [6.07, 6.45) is 11.2. The SMILES string of the molecule is Cl.Cl.NC1CCC(N(CC2CC2)CC2CC2)CC1. The topological polar surface area (TPSA) is 29.3 Å². The largest absolute Gasteiger partial charge is 0.328 e. The Balaban J connectivity index is 0.000000810. The van der Waals surface area contributed by atoms with E-state index in [4.69, 9.17) is 5.73 Å². The molecule has 0 heterocycles. The van der Waals surface area contributed by atoms with E-state index in [0.29, 0.717) is 6.04 Å². The Kier molecular flexibility index (Phi) is 6.74. The highest BCUT2D eigenvalue weighted by Crippen LogP contribution is 2.36. The van der Waals surface area contributed by atoms with Gasteiger partial charge in [0.25, 0.3) is 0 Å². The zero-order valence-corrected chi connectivity index (χ0v) is 12.9. The second-order valence-corrected chi connectivity index (χ2v) is 6.41. The molecule has 0 unspecified atom stereocenters. The van der Waals surface area contributed by atoms with E-state index in [1.54, 1.807) is 0 Å². The summed E-state index contributed by atoms with van der Waals surface area (Å²) in [6.45, 7) is 2.80. The van der Waals surface area contributed by atoms with Crippen LogP contribution in [-0.4, -0.2) is 30.1 Å². The highest BCUT2D eigenvalue weighted by Gasteiger charge is 2.33. The molecular formula is C14H28Cl2N2. The summed E-state index contributed by atoms with van der Waals surface area (Å²) in [6, 6.07) is 1.38. The average molecular weight is 295 g/mol. The molecule has 0 atom stereocenters. The maximum Gasteiger partial charge on any atom is 0.00966 e. The molecule has 2 nitrogen and oxygen atoms in total. The van der Waals surface area contributed by atoms with E-state index >= 15 is 0 Å². The third-order valence-corrected chi connectivity index (χ3v) is 4.64. The quantitative estimate of drug-likeness (QED) is 0.844. The van der Waals surface area contributed by atoms with Crippen molar-refractivity contribution >= 4 is 24.8 Å². The minimum atomic E-state index is 0. The van der Waals surface area contributed by atoms with Crippen molar-refractivity contribution in [1.82, 2.24) is 4.90 Å². The van der Waals surface area contributed by atoms with Crippen LogP contribution >= 0.6 is 24.8 Å². The van der Waals surface area contributed by atoms with Crippen LogP contribution in [0.5, 0.6) is 0 Å². The summed E-state index contributed by atoms with van der Waals surface area (Å²) in [7, 11) is 0. The molecule has 0 aromatic carbocycles. The lowest BCUT2D eigenvalue weighted by Gasteiger charge is -2.36. The molecule has 108 valence electrons. The fourth-order valence-electron chi connectivity index (χ4n) is 3.10. The molecule has 3 rings (SSSR count). The fraction of sp³-hybridized carbons (Fsp3) is 1.00. The van der Waals surface area contributed by atoms with E-state index in [0.717, 1.165) is 17.9 Å². The molecule has 0 saturated heterocycles. The van der Waals surface area contributed by atoms with Crippen LogP contribution in [0.25, 0.3) is 0 Å². The molecule has 0 aliphatic heterocycles. The Hall–Kier alpha value is 0.500. The fourth-order valence-corrected chi connectivity index (χ4v) is 3.10. The average Bonchev–Trinajstić information content (AvgIpc) is 3.12. The monoisotopic (exact) mass is 294 g/mol. The number of hydrogen-bond donors (Lipinski definition) is 1. The number of nitrogens with zero attached hydrogens (tertiary/aromatic N) is 1. The predicted octanol–water partition coefficient (Wildman–Crippen LogP) is 3.22. The van der Waals surface area contributed by atoms with E-state index < -0.39 is 0 Å². The first-order valence-electron chi connectivity index (χ1n) is 7.31. The van der Waals surface area contributed by atoms with Crippen molar-refractivity contribution in [1.29, 1.82) is 0 Å². The van der Waals surface area contributed by atoms with Crippen LogP contribution in [0.2, 0.25) is 0 Å². The minimum Gasteiger partial charge on any atom is -0.328 e. The first-order valence-corrected chi connectivity index (χ1v) is 7.31. The third kappa shape index (κ3) is 4.88. The van der Waals surface area contributed by atoms with Crippen LogP contribution in [0, 0.1) is 11.8 Å². The Morgan fingerprint density at radius 2 is 1.17 bits per heavy atom. The predicted molar refractivity (Wildman–Crippen MR) is 81.7 cm³/mol. The summed E-state index contributed by atoms with van der Waals surface area (Å²) in [5, 5.41) is 0. The minimum absolute atomic E-state index is 0. The van der Waals surface area contributed by atoms with Gasteiger partial charge in [0.1, 0.15) is 0 Å². The van der Waals surface area contributed by atoms with Gasteiger partial charge >= 0.3 is 0 Å². The summed E-state index contributed by atoms with van der Waals surface area (Å²) >= 11 is 0. The van der Waals surface area contributed by atoms with Crippen molar-refractivity contribution in [3.63, 3.8) is 0 Å². The molecule has 3 aliphatic rings. The zero-order valence-electron chi connectivity index (χ0n) is 11.2. The summed E-state index contributed by atoms with van der Waals surface area (Å²) < 4.78 is 0. The second kappa shape index (κ2) is 7.33. The highest BCUT2D eigenvalue weighted by atomic mass is 35.5. The lowest BCUT2D eigenvalue weighted by atomic mass is 9.90. The van der Waals surface area contributed by atoms with Crippen LogP contribution in [0.4, 0.5) is 0 Å². The van der Waals surface area contributed by atoms with Crippen LogP contribution < -0.4 is 5.73 Å². The molecule has 0 bridgehead atoms. The number of rotatable bonds is 5. The van der Waals surface area contributed by atoms with Gasteiger partial charge in [0.2, 0.25) is 0 Å². The summed E-state index contributed by atoms with van der Waals surface area (Å²) in [5.41, 5.74) is 6.01. The number of halogens is 2. The van der Waals surface area contributed by atoms with Gasteiger partial charge in [0, 0.05) is 25.2 Å². The molecule has 2 N–H and O–H groups in total. The van der Waals surface area contributed by atoms with Gasteiger partial charge in [-0.3, -0.25) is 4.90 Å². The van der Waals surface area contributed by atoms with Gasteiger partial charge in [-0.25, -0.2) is 0 Å². The summed E-state index contributed by atoms with van der Waals surface area (Å²) in [4.78, 5) is 2.83. The van der Waals surface area contributed by atoms with Crippen LogP contribution in [-0.2, 0) is 0 Å². The van der Waals surface area contributed by atoms with Gasteiger partial charge in [-0.2, -0.15) is 0 Å². The Bertz CT molecular complexity index is 220. The molecule has 3 aliphatic carbocycles. The maximum atomic E-state index is 6.01. The Morgan fingerprint density at radius 1 is 0.722 bits per heavy atom. The third-order valence-electron chi connectivity index (χ3n) is 4.64. The molecule has 0 aromatic rings. The van der Waals surface area contributed by atoms with Crippen LogP contribution in [0.1, 0.15) is 51.4 Å². The normalized spacial score (nSPS) is 31.7. The van der Waals surface area contributed by atoms with Crippen molar-refractivity contribution < 1.29 is 0 Å². The molecule has 3 fully saturated rings. The van der Waals surface area contributed by atoms with Crippen molar-refractivity contribution in [3.05, 3.63) is 0 Å². The van der Waals surface area contributed by atoms with Gasteiger partial charge in [0.15, 0.2) is 0 Å². The van der Waals surface area contributed by atoms with Gasteiger partial charge < -0.3 is 5.73 Å². The van der Waals surface area contributed by atoms with Gasteiger partial charge in [0.05, 0.1) is 0 Å². The number of nitrogens with two attached hydrogens (primary N) is 1. The standard InChI is InChI=1S/C14H26N2.2ClH/c15-13-5-7-14(8-6-13)16(9-11-1-2-11)10-12-3-4-12;;/h11-14H,1-10,15H2;2*1H. The summed E-state index contributed by atoms with van der Waals surface area (Å²) in [5.74, 6) is 2.10. The van der Waals surface area contributed by atoms with E-state index in [1.807, 2.05) is 0 Å². The molecule has 0 aromatic heterocycles. The van der Waals surface area contributed by atoms with Crippen molar-refractivity contribution in [2.75, 3.05) is 13.1 Å². The maximum absolute atomic E-state index is 6.01. The highest BCUT2D eigenvalue weighted by molar-refractivity contribution is 5.85. The van der Waals surface area contributed by atoms with E-state index in [2.05, 4.69) is 4.90 Å². The Morgan fingerprint density at radius 3 is 1.56 bits per heavy atom. The van der Waals surface area contributed by atoms with E-state index in [9.17, 15) is 0 Å².